The first kappa shape index (κ1) is 13.8. The summed E-state index contributed by atoms with van der Waals surface area (Å²) in [4.78, 5) is 11.7. The van der Waals surface area contributed by atoms with Crippen LogP contribution in [0.4, 0.5) is 0 Å². The molecule has 0 radical (unpaired) electrons. The summed E-state index contributed by atoms with van der Waals surface area (Å²) in [5, 5.41) is 12.4. The molecule has 1 rings (SSSR count). The van der Waals surface area contributed by atoms with Gasteiger partial charge in [-0.15, -0.1) is 0 Å². The van der Waals surface area contributed by atoms with Gasteiger partial charge >= 0.3 is 0 Å². The Hall–Kier alpha value is -0.220. The van der Waals surface area contributed by atoms with Gasteiger partial charge in [-0.25, -0.2) is 0 Å². The molecule has 0 aliphatic heterocycles. The summed E-state index contributed by atoms with van der Waals surface area (Å²) in [6.45, 7) is 4.54. The highest BCUT2D eigenvalue weighted by molar-refractivity contribution is 7.81. The van der Waals surface area contributed by atoms with Crippen molar-refractivity contribution in [2.75, 3.05) is 6.54 Å². The molecule has 0 aromatic carbocycles. The zero-order valence-electron chi connectivity index (χ0n) is 10.1. The number of aliphatic hydroxyl groups excluding tert-OH is 1. The monoisotopic (exact) mass is 245 g/mol. The minimum absolute atomic E-state index is 0.0175. The van der Waals surface area contributed by atoms with E-state index in [9.17, 15) is 9.90 Å². The molecule has 3 atom stereocenters. The predicted molar refractivity (Wildman–Crippen MR) is 68.6 cm³/mol. The molecule has 0 spiro atoms. The van der Waals surface area contributed by atoms with Crippen LogP contribution in [-0.4, -0.2) is 28.9 Å². The average Bonchev–Trinajstić information content (AvgIpc) is 2.26. The van der Waals surface area contributed by atoms with E-state index in [1.807, 2.05) is 13.8 Å². The second-order valence-corrected chi connectivity index (χ2v) is 5.60. The Morgan fingerprint density at radius 1 is 1.44 bits per heavy atom. The van der Waals surface area contributed by atoms with E-state index in [1.54, 1.807) is 0 Å². The van der Waals surface area contributed by atoms with Crippen LogP contribution >= 0.6 is 12.6 Å². The van der Waals surface area contributed by atoms with Crippen molar-refractivity contribution in [3.05, 3.63) is 0 Å². The van der Waals surface area contributed by atoms with Crippen molar-refractivity contribution < 1.29 is 9.90 Å². The zero-order valence-corrected chi connectivity index (χ0v) is 11.0. The Balaban J connectivity index is 2.30. The second kappa shape index (κ2) is 6.50. The van der Waals surface area contributed by atoms with E-state index < -0.39 is 0 Å². The molecule has 1 aliphatic rings. The zero-order chi connectivity index (χ0) is 12.1. The average molecular weight is 245 g/mol. The Labute approximate surface area is 103 Å². The van der Waals surface area contributed by atoms with Crippen LogP contribution in [0.1, 0.15) is 39.5 Å². The normalized spacial score (nSPS) is 27.8. The highest BCUT2D eigenvalue weighted by Crippen LogP contribution is 2.23. The summed E-state index contributed by atoms with van der Waals surface area (Å²) in [6.07, 6.45) is 3.90. The SMILES string of the molecule is CC(C)C(S)C(=O)NCC1CCCCC1O. The maximum atomic E-state index is 11.7. The molecule has 1 amide bonds. The van der Waals surface area contributed by atoms with Crippen LogP contribution < -0.4 is 5.32 Å². The van der Waals surface area contributed by atoms with Gasteiger partial charge < -0.3 is 10.4 Å². The molecule has 2 N–H and O–H groups in total. The standard InChI is InChI=1S/C12H23NO2S/c1-8(2)11(16)12(15)13-7-9-5-3-4-6-10(9)14/h8-11,14,16H,3-7H2,1-2H3,(H,13,15). The number of carbonyl (C=O) groups excluding carboxylic acids is 1. The van der Waals surface area contributed by atoms with Gasteiger partial charge in [-0.2, -0.15) is 12.6 Å². The maximum absolute atomic E-state index is 11.7. The molecule has 94 valence electrons. The molecular formula is C12H23NO2S. The van der Waals surface area contributed by atoms with E-state index in [4.69, 9.17) is 0 Å². The van der Waals surface area contributed by atoms with Gasteiger partial charge in [-0.3, -0.25) is 4.79 Å². The second-order valence-electron chi connectivity index (χ2n) is 5.05. The molecule has 1 fully saturated rings. The largest absolute Gasteiger partial charge is 0.393 e. The molecule has 0 aromatic rings. The predicted octanol–water partition coefficient (Wildman–Crippen LogP) is 1.61. The third kappa shape index (κ3) is 3.98. The van der Waals surface area contributed by atoms with Crippen molar-refractivity contribution in [3.63, 3.8) is 0 Å². The molecule has 3 unspecified atom stereocenters. The lowest BCUT2D eigenvalue weighted by Gasteiger charge is -2.28. The van der Waals surface area contributed by atoms with Gasteiger partial charge in [0.1, 0.15) is 0 Å². The third-order valence-electron chi connectivity index (χ3n) is 3.31. The molecule has 0 aromatic heterocycles. The lowest BCUT2D eigenvalue weighted by molar-refractivity contribution is -0.121. The number of hydrogen-bond acceptors (Lipinski definition) is 3. The van der Waals surface area contributed by atoms with Crippen LogP contribution in [0.3, 0.4) is 0 Å². The van der Waals surface area contributed by atoms with Crippen molar-refractivity contribution in [1.29, 1.82) is 0 Å². The molecule has 1 aliphatic carbocycles. The Kier molecular flexibility index (Phi) is 5.62. The summed E-state index contributed by atoms with van der Waals surface area (Å²) in [5.41, 5.74) is 0. The minimum Gasteiger partial charge on any atom is -0.393 e. The number of amides is 1. The number of hydrogen-bond donors (Lipinski definition) is 3. The van der Waals surface area contributed by atoms with Crippen LogP contribution in [0.15, 0.2) is 0 Å². The number of nitrogens with one attached hydrogen (secondary N) is 1. The Bertz CT molecular complexity index is 233. The number of carbonyl (C=O) groups is 1. The van der Waals surface area contributed by atoms with Crippen LogP contribution in [0, 0.1) is 11.8 Å². The highest BCUT2D eigenvalue weighted by atomic mass is 32.1. The van der Waals surface area contributed by atoms with Gasteiger partial charge in [0.25, 0.3) is 0 Å². The van der Waals surface area contributed by atoms with Crippen molar-refractivity contribution in [2.45, 2.75) is 50.9 Å². The van der Waals surface area contributed by atoms with Gasteiger partial charge in [-0.05, 0) is 18.8 Å². The fourth-order valence-corrected chi connectivity index (χ4v) is 2.16. The molecule has 0 saturated heterocycles. The summed E-state index contributed by atoms with van der Waals surface area (Å²) in [7, 11) is 0. The van der Waals surface area contributed by atoms with E-state index in [2.05, 4.69) is 17.9 Å². The van der Waals surface area contributed by atoms with Crippen molar-refractivity contribution in [3.8, 4) is 0 Å². The van der Waals surface area contributed by atoms with Crippen LogP contribution in [0.5, 0.6) is 0 Å². The van der Waals surface area contributed by atoms with Crippen LogP contribution in [-0.2, 0) is 4.79 Å². The Morgan fingerprint density at radius 2 is 2.06 bits per heavy atom. The highest BCUT2D eigenvalue weighted by Gasteiger charge is 2.24. The summed E-state index contributed by atoms with van der Waals surface area (Å²) in [6, 6.07) is 0. The molecule has 16 heavy (non-hydrogen) atoms. The van der Waals surface area contributed by atoms with Gasteiger partial charge in [-0.1, -0.05) is 26.7 Å². The quantitative estimate of drug-likeness (QED) is 0.659. The van der Waals surface area contributed by atoms with Crippen molar-refractivity contribution in [1.82, 2.24) is 5.32 Å². The molecule has 4 heteroatoms. The van der Waals surface area contributed by atoms with Gasteiger partial charge in [0.05, 0.1) is 11.4 Å². The Morgan fingerprint density at radius 3 is 2.62 bits per heavy atom. The van der Waals surface area contributed by atoms with Crippen molar-refractivity contribution in [2.24, 2.45) is 11.8 Å². The first-order valence-corrected chi connectivity index (χ1v) is 6.68. The number of aliphatic hydroxyl groups is 1. The van der Waals surface area contributed by atoms with Crippen molar-refractivity contribution >= 4 is 18.5 Å². The molecular weight excluding hydrogens is 222 g/mol. The van der Waals surface area contributed by atoms with Gasteiger partial charge in [0.2, 0.25) is 5.91 Å². The van der Waals surface area contributed by atoms with Crippen LogP contribution in [0.2, 0.25) is 0 Å². The molecule has 1 saturated carbocycles. The first-order chi connectivity index (χ1) is 7.52. The molecule has 0 bridgehead atoms. The minimum atomic E-state index is -0.249. The van der Waals surface area contributed by atoms with Gasteiger partial charge in [0, 0.05) is 12.5 Å². The summed E-state index contributed by atoms with van der Waals surface area (Å²) in [5.74, 6) is 0.445. The van der Waals surface area contributed by atoms with Gasteiger partial charge in [0.15, 0.2) is 0 Å². The lowest BCUT2D eigenvalue weighted by Crippen LogP contribution is -2.41. The molecule has 0 heterocycles. The number of thiol groups is 1. The van der Waals surface area contributed by atoms with E-state index in [0.29, 0.717) is 6.54 Å². The summed E-state index contributed by atoms with van der Waals surface area (Å²) >= 11 is 4.27. The fourth-order valence-electron chi connectivity index (χ4n) is 2.07. The topological polar surface area (TPSA) is 49.3 Å². The maximum Gasteiger partial charge on any atom is 0.233 e. The van der Waals surface area contributed by atoms with E-state index in [1.165, 1.54) is 0 Å². The lowest BCUT2D eigenvalue weighted by atomic mass is 9.86. The van der Waals surface area contributed by atoms with Crippen LogP contribution in [0.25, 0.3) is 0 Å². The third-order valence-corrected chi connectivity index (χ3v) is 4.14. The number of rotatable bonds is 4. The molecule has 3 nitrogen and oxygen atoms in total. The van der Waals surface area contributed by atoms with E-state index >= 15 is 0 Å². The van der Waals surface area contributed by atoms with E-state index in [-0.39, 0.29) is 29.1 Å². The van der Waals surface area contributed by atoms with E-state index in [0.717, 1.165) is 25.7 Å². The smallest absolute Gasteiger partial charge is 0.233 e. The summed E-state index contributed by atoms with van der Waals surface area (Å²) < 4.78 is 0. The first-order valence-electron chi connectivity index (χ1n) is 6.16. The fraction of sp³-hybridized carbons (Fsp3) is 0.917.